The maximum Gasteiger partial charge on any atom is 0.243 e. The summed E-state index contributed by atoms with van der Waals surface area (Å²) in [6.07, 6.45) is 1.75. The van der Waals surface area contributed by atoms with Crippen LogP contribution >= 0.6 is 0 Å². The topological polar surface area (TPSA) is 57.6 Å². The molecule has 1 aliphatic rings. The highest BCUT2D eigenvalue weighted by Crippen LogP contribution is 2.32. The van der Waals surface area contributed by atoms with E-state index in [1.54, 1.807) is 0 Å². The van der Waals surface area contributed by atoms with Crippen LogP contribution < -0.4 is 0 Å². The van der Waals surface area contributed by atoms with Crippen LogP contribution in [0.5, 0.6) is 0 Å². The first-order valence-corrected chi connectivity index (χ1v) is 8.10. The summed E-state index contributed by atoms with van der Waals surface area (Å²) in [5.41, 5.74) is 0.146. The summed E-state index contributed by atoms with van der Waals surface area (Å²) in [4.78, 5) is -0.127. The highest BCUT2D eigenvalue weighted by Gasteiger charge is 2.35. The van der Waals surface area contributed by atoms with Crippen LogP contribution in [0.25, 0.3) is 0 Å². The molecular formula is C14H20FNO3S. The van der Waals surface area contributed by atoms with Gasteiger partial charge in [-0.1, -0.05) is 19.9 Å². The molecule has 2 rings (SSSR count). The summed E-state index contributed by atoms with van der Waals surface area (Å²) in [6, 6.07) is 3.46. The number of hydrogen-bond donors (Lipinski definition) is 1. The molecule has 1 heterocycles. The average molecular weight is 301 g/mol. The van der Waals surface area contributed by atoms with E-state index in [-0.39, 0.29) is 15.9 Å². The summed E-state index contributed by atoms with van der Waals surface area (Å²) in [6.45, 7) is 4.47. The van der Waals surface area contributed by atoms with Crippen molar-refractivity contribution in [1.82, 2.24) is 4.31 Å². The van der Waals surface area contributed by atoms with Gasteiger partial charge in [-0.05, 0) is 36.0 Å². The standard InChI is InChI=1S/C14H20FNO3S/c1-14(2)6-3-7-16(10-14)20(18,19)13-8-12(15)5-4-11(13)9-17/h4-5,8,17H,3,6-7,9-10H2,1-2H3. The van der Waals surface area contributed by atoms with Crippen molar-refractivity contribution < 1.29 is 17.9 Å². The Labute approximate surface area is 119 Å². The molecule has 1 aliphatic heterocycles. The van der Waals surface area contributed by atoms with E-state index in [0.29, 0.717) is 13.1 Å². The van der Waals surface area contributed by atoms with Crippen LogP contribution in [0, 0.1) is 11.2 Å². The second-order valence-corrected chi connectivity index (χ2v) is 7.92. The molecule has 0 amide bonds. The van der Waals surface area contributed by atoms with Gasteiger partial charge in [-0.25, -0.2) is 12.8 Å². The lowest BCUT2D eigenvalue weighted by Gasteiger charge is -2.37. The maximum absolute atomic E-state index is 13.4. The fourth-order valence-electron chi connectivity index (χ4n) is 2.61. The lowest BCUT2D eigenvalue weighted by Crippen LogP contribution is -2.43. The molecule has 1 saturated heterocycles. The second-order valence-electron chi connectivity index (χ2n) is 6.02. The van der Waals surface area contributed by atoms with E-state index in [4.69, 9.17) is 0 Å². The third kappa shape index (κ3) is 3.02. The summed E-state index contributed by atoms with van der Waals surface area (Å²) >= 11 is 0. The Morgan fingerprint density at radius 1 is 1.40 bits per heavy atom. The van der Waals surface area contributed by atoms with Gasteiger partial charge in [0, 0.05) is 13.1 Å². The highest BCUT2D eigenvalue weighted by molar-refractivity contribution is 7.89. The van der Waals surface area contributed by atoms with Crippen molar-refractivity contribution in [2.75, 3.05) is 13.1 Å². The van der Waals surface area contributed by atoms with Crippen LogP contribution in [0.4, 0.5) is 4.39 Å². The number of benzene rings is 1. The average Bonchev–Trinajstić information content (AvgIpc) is 2.37. The molecular weight excluding hydrogens is 281 g/mol. The largest absolute Gasteiger partial charge is 0.392 e. The van der Waals surface area contributed by atoms with Gasteiger partial charge in [-0.3, -0.25) is 0 Å². The Morgan fingerprint density at radius 3 is 2.70 bits per heavy atom. The number of nitrogens with zero attached hydrogens (tertiary/aromatic N) is 1. The molecule has 0 atom stereocenters. The van der Waals surface area contributed by atoms with Gasteiger partial charge in [0.1, 0.15) is 5.82 Å². The molecule has 20 heavy (non-hydrogen) atoms. The molecule has 4 nitrogen and oxygen atoms in total. The lowest BCUT2D eigenvalue weighted by atomic mass is 9.85. The summed E-state index contributed by atoms with van der Waals surface area (Å²) in [7, 11) is -3.76. The van der Waals surface area contributed by atoms with Crippen LogP contribution in [0.2, 0.25) is 0 Å². The minimum absolute atomic E-state index is 0.0853. The first kappa shape index (κ1) is 15.4. The van der Waals surface area contributed by atoms with E-state index >= 15 is 0 Å². The zero-order valence-corrected chi connectivity index (χ0v) is 12.6. The number of piperidine rings is 1. The quantitative estimate of drug-likeness (QED) is 0.930. The van der Waals surface area contributed by atoms with Crippen molar-refractivity contribution in [3.63, 3.8) is 0 Å². The monoisotopic (exact) mass is 301 g/mol. The van der Waals surface area contributed by atoms with Gasteiger partial charge >= 0.3 is 0 Å². The third-order valence-electron chi connectivity index (χ3n) is 3.68. The zero-order valence-electron chi connectivity index (χ0n) is 11.8. The lowest BCUT2D eigenvalue weighted by molar-refractivity contribution is 0.186. The molecule has 0 unspecified atom stereocenters. The van der Waals surface area contributed by atoms with Gasteiger partial charge in [-0.2, -0.15) is 4.31 Å². The molecule has 0 spiro atoms. The third-order valence-corrected chi connectivity index (χ3v) is 5.61. The molecule has 112 valence electrons. The number of aliphatic hydroxyl groups excluding tert-OH is 1. The Hall–Kier alpha value is -0.980. The molecule has 1 fully saturated rings. The maximum atomic E-state index is 13.4. The van der Waals surface area contributed by atoms with Gasteiger partial charge in [0.15, 0.2) is 0 Å². The molecule has 1 aromatic carbocycles. The van der Waals surface area contributed by atoms with Crippen molar-refractivity contribution in [3.05, 3.63) is 29.6 Å². The van der Waals surface area contributed by atoms with Crippen molar-refractivity contribution >= 4 is 10.0 Å². The van der Waals surface area contributed by atoms with E-state index < -0.39 is 22.4 Å². The second kappa shape index (κ2) is 5.42. The Balaban J connectivity index is 2.42. The van der Waals surface area contributed by atoms with Gasteiger partial charge in [0.25, 0.3) is 0 Å². The van der Waals surface area contributed by atoms with Crippen molar-refractivity contribution in [3.8, 4) is 0 Å². The van der Waals surface area contributed by atoms with E-state index in [2.05, 4.69) is 0 Å². The molecule has 0 aliphatic carbocycles. The van der Waals surface area contributed by atoms with Crippen LogP contribution in [0.3, 0.4) is 0 Å². The fraction of sp³-hybridized carbons (Fsp3) is 0.571. The summed E-state index contributed by atoms with van der Waals surface area (Å²) in [5, 5.41) is 9.27. The smallest absolute Gasteiger partial charge is 0.243 e. The van der Waals surface area contributed by atoms with Gasteiger partial charge < -0.3 is 5.11 Å². The first-order chi connectivity index (χ1) is 9.26. The number of hydrogen-bond acceptors (Lipinski definition) is 3. The fourth-order valence-corrected chi connectivity index (χ4v) is 4.51. The van der Waals surface area contributed by atoms with Crippen LogP contribution in [0.15, 0.2) is 23.1 Å². The van der Waals surface area contributed by atoms with Gasteiger partial charge in [-0.15, -0.1) is 0 Å². The molecule has 6 heteroatoms. The van der Waals surface area contributed by atoms with E-state index in [9.17, 15) is 17.9 Å². The van der Waals surface area contributed by atoms with Crippen molar-refractivity contribution in [2.45, 2.75) is 38.2 Å². The molecule has 0 saturated carbocycles. The highest BCUT2D eigenvalue weighted by atomic mass is 32.2. The molecule has 1 aromatic rings. The van der Waals surface area contributed by atoms with Crippen LogP contribution in [-0.2, 0) is 16.6 Å². The minimum Gasteiger partial charge on any atom is -0.392 e. The molecule has 1 N–H and O–H groups in total. The van der Waals surface area contributed by atoms with Crippen LogP contribution in [-0.4, -0.2) is 30.9 Å². The Kier molecular flexibility index (Phi) is 4.18. The Bertz CT molecular complexity index is 598. The molecule has 0 radical (unpaired) electrons. The van der Waals surface area contributed by atoms with E-state index in [0.717, 1.165) is 25.0 Å². The van der Waals surface area contributed by atoms with Crippen LogP contribution in [0.1, 0.15) is 32.3 Å². The number of rotatable bonds is 3. The Morgan fingerprint density at radius 2 is 2.10 bits per heavy atom. The van der Waals surface area contributed by atoms with E-state index in [1.165, 1.54) is 10.4 Å². The van der Waals surface area contributed by atoms with Crippen molar-refractivity contribution in [1.29, 1.82) is 0 Å². The molecule has 0 bridgehead atoms. The predicted octanol–water partition coefficient (Wildman–Crippen LogP) is 2.13. The zero-order chi connectivity index (χ0) is 15.0. The number of sulfonamides is 1. The van der Waals surface area contributed by atoms with E-state index in [1.807, 2.05) is 13.8 Å². The predicted molar refractivity (Wildman–Crippen MR) is 74.1 cm³/mol. The van der Waals surface area contributed by atoms with Gasteiger partial charge in [0.05, 0.1) is 11.5 Å². The van der Waals surface area contributed by atoms with Crippen molar-refractivity contribution in [2.24, 2.45) is 5.41 Å². The summed E-state index contributed by atoms with van der Waals surface area (Å²) < 4.78 is 40.1. The molecule has 0 aromatic heterocycles. The van der Waals surface area contributed by atoms with Gasteiger partial charge in [0.2, 0.25) is 10.0 Å². The summed E-state index contributed by atoms with van der Waals surface area (Å²) in [5.74, 6) is -0.614. The number of halogens is 1. The first-order valence-electron chi connectivity index (χ1n) is 6.66. The number of aliphatic hydroxyl groups is 1. The normalized spacial score (nSPS) is 20.0. The minimum atomic E-state index is -3.76. The SMILES string of the molecule is CC1(C)CCCN(S(=O)(=O)c2cc(F)ccc2CO)C1.